The SMILES string of the molecule is Cc1ncsc1-c1ccc(CNC(=O)[C@@H]2C[C@@H](O)CN2C(=O)[C@@H](C(C)C)n2cc(-c3cccc(O[C@H]4C[C@H](NC(=O)C[C@@H]5N=C(c6ccc(Cl)cc6)c6c(sc(C)c6C)-n6c(C)nnc65)C4)c3)cn2)cc1. The van der Waals surface area contributed by atoms with Crippen molar-refractivity contribution in [1.29, 1.82) is 0 Å². The van der Waals surface area contributed by atoms with Crippen LogP contribution in [0.25, 0.3) is 26.6 Å². The van der Waals surface area contributed by atoms with Crippen LogP contribution in [-0.4, -0.2) is 93.8 Å². The molecule has 366 valence electrons. The number of aliphatic hydroxyl groups is 1. The molecule has 0 spiro atoms. The number of benzene rings is 3. The van der Waals surface area contributed by atoms with Gasteiger partial charge in [-0.3, -0.25) is 28.6 Å². The molecule has 4 atom stereocenters. The van der Waals surface area contributed by atoms with Crippen LogP contribution in [0.4, 0.5) is 0 Å². The van der Waals surface area contributed by atoms with E-state index in [1.54, 1.807) is 33.6 Å². The molecule has 0 unspecified atom stereocenters. The van der Waals surface area contributed by atoms with Crippen LogP contribution in [0.1, 0.15) is 96.1 Å². The van der Waals surface area contributed by atoms with E-state index in [-0.39, 0.29) is 55.2 Å². The zero-order valence-electron chi connectivity index (χ0n) is 40.3. The molecule has 71 heavy (non-hydrogen) atoms. The number of aliphatic hydroxyl groups excluding tert-OH is 1. The Labute approximate surface area is 425 Å². The van der Waals surface area contributed by atoms with Crippen LogP contribution in [0.3, 0.4) is 0 Å². The number of nitrogens with zero attached hydrogens (tertiary/aromatic N) is 8. The van der Waals surface area contributed by atoms with Crippen molar-refractivity contribution < 1.29 is 24.2 Å². The highest BCUT2D eigenvalue weighted by Crippen LogP contribution is 2.40. The van der Waals surface area contributed by atoms with E-state index in [1.165, 1.54) is 9.78 Å². The third-order valence-corrected chi connectivity index (χ3v) is 16.2. The highest BCUT2D eigenvalue weighted by molar-refractivity contribution is 7.15. The van der Waals surface area contributed by atoms with E-state index < -0.39 is 24.2 Å². The molecule has 18 heteroatoms. The Bertz CT molecular complexity index is 3150. The smallest absolute Gasteiger partial charge is 0.248 e. The summed E-state index contributed by atoms with van der Waals surface area (Å²) in [6.45, 7) is 12.4. The lowest BCUT2D eigenvalue weighted by Gasteiger charge is -2.36. The topological polar surface area (TPSA) is 182 Å². The number of aromatic nitrogens is 6. The van der Waals surface area contributed by atoms with Gasteiger partial charge in [-0.15, -0.1) is 32.9 Å². The van der Waals surface area contributed by atoms with E-state index >= 15 is 0 Å². The maximum Gasteiger partial charge on any atom is 0.248 e. The lowest BCUT2D eigenvalue weighted by atomic mass is 9.89. The number of β-amino-alcohol motifs (C(OH)–C–C–N with tert-alkyl or cyclic N) is 1. The van der Waals surface area contributed by atoms with Gasteiger partial charge in [0.1, 0.15) is 40.8 Å². The average molecular weight is 1010 g/mol. The van der Waals surface area contributed by atoms with Crippen LogP contribution >= 0.6 is 34.3 Å². The Morgan fingerprint density at radius 3 is 2.42 bits per heavy atom. The van der Waals surface area contributed by atoms with Crippen LogP contribution in [0, 0.1) is 33.6 Å². The molecule has 3 amide bonds. The number of fused-ring (bicyclic) bond motifs is 3. The monoisotopic (exact) mass is 1010 g/mol. The molecule has 15 nitrogen and oxygen atoms in total. The van der Waals surface area contributed by atoms with Crippen molar-refractivity contribution in [2.75, 3.05) is 6.54 Å². The lowest BCUT2D eigenvalue weighted by Crippen LogP contribution is -2.49. The van der Waals surface area contributed by atoms with Crippen molar-refractivity contribution in [3.05, 3.63) is 140 Å². The van der Waals surface area contributed by atoms with Crippen LogP contribution in [0.15, 0.2) is 95.7 Å². The van der Waals surface area contributed by atoms with Crippen LogP contribution in [-0.2, 0) is 20.9 Å². The average Bonchev–Trinajstić information content (AvgIpc) is 4.19. The number of ether oxygens (including phenoxy) is 1. The minimum absolute atomic E-state index is 0.0585. The zero-order valence-corrected chi connectivity index (χ0v) is 42.7. The number of thiophene rings is 1. The molecule has 1 saturated heterocycles. The normalized spacial score (nSPS) is 19.9. The van der Waals surface area contributed by atoms with Crippen molar-refractivity contribution in [2.45, 2.75) is 110 Å². The number of aliphatic imine (C=N–C) groups is 1. The van der Waals surface area contributed by atoms with Crippen molar-refractivity contribution >= 4 is 57.7 Å². The van der Waals surface area contributed by atoms with Gasteiger partial charge in [0.25, 0.3) is 0 Å². The largest absolute Gasteiger partial charge is 0.490 e. The van der Waals surface area contributed by atoms with Crippen molar-refractivity contribution in [3.8, 4) is 32.3 Å². The van der Waals surface area contributed by atoms with Gasteiger partial charge < -0.3 is 25.4 Å². The number of hydrogen-bond donors (Lipinski definition) is 3. The first-order valence-electron chi connectivity index (χ1n) is 23.9. The third-order valence-electron chi connectivity index (χ3n) is 13.7. The summed E-state index contributed by atoms with van der Waals surface area (Å²) in [5.74, 6) is 1.17. The van der Waals surface area contributed by atoms with E-state index in [4.69, 9.17) is 21.3 Å². The quantitative estimate of drug-likeness (QED) is 0.0960. The maximum absolute atomic E-state index is 14.4. The van der Waals surface area contributed by atoms with Crippen LogP contribution < -0.4 is 15.4 Å². The number of carbonyl (C=O) groups is 3. The number of likely N-dealkylation sites (tertiary alicyclic amines) is 1. The van der Waals surface area contributed by atoms with Crippen molar-refractivity contribution in [1.82, 2.24) is 45.1 Å². The molecule has 2 fully saturated rings. The fraction of sp³-hybridized carbons (Fsp3) is 0.358. The molecule has 2 aliphatic heterocycles. The molecular weight excluding hydrogens is 956 g/mol. The van der Waals surface area contributed by atoms with Gasteiger partial charge in [-0.1, -0.05) is 74.0 Å². The van der Waals surface area contributed by atoms with Gasteiger partial charge in [-0.25, -0.2) is 4.98 Å². The van der Waals surface area contributed by atoms with Crippen LogP contribution in [0.5, 0.6) is 5.75 Å². The summed E-state index contributed by atoms with van der Waals surface area (Å²) in [6, 6.07) is 21.2. The minimum Gasteiger partial charge on any atom is -0.490 e. The maximum atomic E-state index is 14.4. The van der Waals surface area contributed by atoms with E-state index in [2.05, 4.69) is 44.8 Å². The number of halogens is 1. The second-order valence-electron chi connectivity index (χ2n) is 19.1. The van der Waals surface area contributed by atoms with E-state index in [0.29, 0.717) is 36.0 Å². The summed E-state index contributed by atoms with van der Waals surface area (Å²) in [4.78, 5) is 55.1. The summed E-state index contributed by atoms with van der Waals surface area (Å²) in [7, 11) is 0. The predicted molar refractivity (Wildman–Crippen MR) is 275 cm³/mol. The summed E-state index contributed by atoms with van der Waals surface area (Å²) < 4.78 is 10.1. The minimum atomic E-state index is -0.823. The first kappa shape index (κ1) is 48.1. The molecule has 7 aromatic rings. The number of thiazole rings is 1. The molecule has 0 radical (unpaired) electrons. The standard InChI is InChI=1S/C53H55ClN10O5S2/c1-28(2)48(52(68)62-26-40(65)21-44(62)51(67)55-23-33-10-12-35(13-11-33)49-30(4)56-27-70-49)63-25-37(24-57-63)36-8-7-9-41(18-36)69-42-19-39(20-42)58-45(66)22-43-50-61-60-32(6)64(50)53-46(29(3)31(5)71-53)47(59-43)34-14-16-38(54)17-15-34/h7-18,24-25,27-28,39-40,42-44,48,65H,19-23,26H2,1-6H3,(H,55,67)(H,58,66)/t39-,40-,42-,43+,44+,48-/m1/s1. The number of nitrogens with one attached hydrogen (secondary N) is 2. The summed E-state index contributed by atoms with van der Waals surface area (Å²) in [5.41, 5.74) is 10.3. The second-order valence-corrected chi connectivity index (χ2v) is 21.6. The molecule has 3 aromatic carbocycles. The van der Waals surface area contributed by atoms with Crippen molar-refractivity contribution in [3.63, 3.8) is 0 Å². The van der Waals surface area contributed by atoms with Gasteiger partial charge in [0.2, 0.25) is 17.7 Å². The highest BCUT2D eigenvalue weighted by Gasteiger charge is 2.43. The molecule has 1 saturated carbocycles. The molecule has 0 bridgehead atoms. The molecule has 3 aliphatic rings. The molecule has 6 heterocycles. The number of amides is 3. The Hall–Kier alpha value is -6.53. The number of carbonyl (C=O) groups excluding carboxylic acids is 3. The number of rotatable bonds is 14. The molecule has 1 aliphatic carbocycles. The Balaban J connectivity index is 0.757. The Morgan fingerprint density at radius 2 is 1.69 bits per heavy atom. The number of hydrogen-bond acceptors (Lipinski definition) is 12. The van der Waals surface area contributed by atoms with Gasteiger partial charge in [0.15, 0.2) is 5.82 Å². The first-order chi connectivity index (χ1) is 34.2. The van der Waals surface area contributed by atoms with Gasteiger partial charge in [0.05, 0.1) is 40.5 Å². The highest BCUT2D eigenvalue weighted by atomic mass is 35.5. The fourth-order valence-corrected chi connectivity index (χ4v) is 11.9. The van der Waals surface area contributed by atoms with Gasteiger partial charge in [-0.2, -0.15) is 5.10 Å². The molecular formula is C53H55ClN10O5S2. The van der Waals surface area contributed by atoms with E-state index in [1.807, 2.05) is 117 Å². The number of aryl methyl sites for hydroxylation is 3. The Kier molecular flexibility index (Phi) is 13.5. The fourth-order valence-electron chi connectivity index (χ4n) is 9.79. The van der Waals surface area contributed by atoms with Gasteiger partial charge >= 0.3 is 0 Å². The second kappa shape index (κ2) is 19.9. The summed E-state index contributed by atoms with van der Waals surface area (Å²) >= 11 is 9.55. The Morgan fingerprint density at radius 1 is 0.930 bits per heavy atom. The third kappa shape index (κ3) is 9.80. The lowest BCUT2D eigenvalue weighted by molar-refractivity contribution is -0.142. The van der Waals surface area contributed by atoms with Gasteiger partial charge in [-0.05, 0) is 80.1 Å². The zero-order chi connectivity index (χ0) is 49.7. The predicted octanol–water partition coefficient (Wildman–Crippen LogP) is 8.69. The molecule has 10 rings (SSSR count). The summed E-state index contributed by atoms with van der Waals surface area (Å²) in [6.07, 6.45) is 4.20. The van der Waals surface area contributed by atoms with E-state index in [0.717, 1.165) is 66.1 Å². The first-order valence-corrected chi connectivity index (χ1v) is 26.0. The molecule has 3 N–H and O–H groups in total. The van der Waals surface area contributed by atoms with Gasteiger partial charge in [0, 0.05) is 71.2 Å². The van der Waals surface area contributed by atoms with Crippen LogP contribution in [0.2, 0.25) is 5.02 Å². The van der Waals surface area contributed by atoms with Crippen molar-refractivity contribution in [2.24, 2.45) is 10.9 Å². The van der Waals surface area contributed by atoms with E-state index in [9.17, 15) is 19.5 Å². The molecule has 4 aromatic heterocycles. The summed E-state index contributed by atoms with van der Waals surface area (Å²) in [5, 5.41) is 32.2.